The second-order valence-corrected chi connectivity index (χ2v) is 13.9. The summed E-state index contributed by atoms with van der Waals surface area (Å²) in [4.78, 5) is 46.1. The van der Waals surface area contributed by atoms with Crippen LogP contribution in [0.1, 0.15) is 42.5 Å². The van der Waals surface area contributed by atoms with Crippen LogP contribution >= 0.6 is 23.2 Å². The quantitative estimate of drug-likeness (QED) is 0.133. The van der Waals surface area contributed by atoms with E-state index >= 15 is 0 Å². The van der Waals surface area contributed by atoms with Crippen molar-refractivity contribution in [1.29, 1.82) is 0 Å². The third-order valence-corrected chi connectivity index (χ3v) is 10.5. The summed E-state index contributed by atoms with van der Waals surface area (Å²) in [7, 11) is 1.59. The smallest absolute Gasteiger partial charge is 0.262 e. The normalized spacial score (nSPS) is 17.1. The summed E-state index contributed by atoms with van der Waals surface area (Å²) in [6.07, 6.45) is 4.43. The van der Waals surface area contributed by atoms with Crippen molar-refractivity contribution in [3.63, 3.8) is 0 Å². The minimum Gasteiger partial charge on any atom is -0.481 e. The van der Waals surface area contributed by atoms with Crippen LogP contribution in [0.3, 0.4) is 0 Å². The lowest BCUT2D eigenvalue weighted by Crippen LogP contribution is -2.36. The van der Waals surface area contributed by atoms with E-state index in [1.165, 1.54) is 0 Å². The number of aromatic nitrogens is 3. The Kier molecular flexibility index (Phi) is 10.6. The minimum atomic E-state index is -0.144. The number of carbonyl (C=O) groups is 2. The Morgan fingerprint density at radius 1 is 0.808 bits per heavy atom. The number of nitrogens with one attached hydrogen (secondary N) is 4. The summed E-state index contributed by atoms with van der Waals surface area (Å²) >= 11 is 14.2. The van der Waals surface area contributed by atoms with Crippen molar-refractivity contribution in [2.45, 2.75) is 57.8 Å². The number of halogens is 2. The van der Waals surface area contributed by atoms with Crippen LogP contribution in [0.5, 0.6) is 5.88 Å². The van der Waals surface area contributed by atoms with Crippen molar-refractivity contribution in [1.82, 2.24) is 35.6 Å². The summed E-state index contributed by atoms with van der Waals surface area (Å²) in [5.41, 5.74) is 6.94. The number of carbonyl (C=O) groups excluding carboxylic acids is 2. The molecule has 2 aliphatic rings. The van der Waals surface area contributed by atoms with Crippen molar-refractivity contribution in [2.24, 2.45) is 0 Å². The van der Waals surface area contributed by atoms with Gasteiger partial charge in [-0.2, -0.15) is 0 Å². The first-order chi connectivity index (χ1) is 25.2. The Labute approximate surface area is 311 Å². The fourth-order valence-corrected chi connectivity index (χ4v) is 7.56. The molecule has 2 aromatic carbocycles. The molecule has 2 aliphatic heterocycles. The second-order valence-electron chi connectivity index (χ2n) is 13.2. The van der Waals surface area contributed by atoms with Gasteiger partial charge >= 0.3 is 0 Å². The van der Waals surface area contributed by atoms with E-state index in [0.29, 0.717) is 77.5 Å². The van der Waals surface area contributed by atoms with Crippen LogP contribution in [0, 0.1) is 6.92 Å². The molecule has 5 heterocycles. The largest absolute Gasteiger partial charge is 0.481 e. The molecule has 13 heteroatoms. The minimum absolute atomic E-state index is 0.0618. The van der Waals surface area contributed by atoms with Crippen molar-refractivity contribution in [2.75, 3.05) is 20.2 Å². The van der Waals surface area contributed by atoms with Crippen molar-refractivity contribution in [3.8, 4) is 39.4 Å². The van der Waals surface area contributed by atoms with E-state index in [1.54, 1.807) is 17.7 Å². The number of nitrogens with zero attached hydrogens (tertiary/aromatic N) is 3. The van der Waals surface area contributed by atoms with E-state index in [4.69, 9.17) is 37.9 Å². The molecule has 7 rings (SSSR count). The highest BCUT2D eigenvalue weighted by atomic mass is 35.5. The molecule has 2 unspecified atom stereocenters. The number of hydrogen-bond donors (Lipinski definition) is 4. The van der Waals surface area contributed by atoms with Crippen molar-refractivity contribution < 1.29 is 14.3 Å². The zero-order chi connectivity index (χ0) is 36.4. The van der Waals surface area contributed by atoms with Gasteiger partial charge in [-0.25, -0.2) is 9.97 Å². The lowest BCUT2D eigenvalue weighted by molar-refractivity contribution is -0.120. The van der Waals surface area contributed by atoms with Gasteiger partial charge in [0.25, 0.3) is 5.56 Å². The van der Waals surface area contributed by atoms with Gasteiger partial charge in [-0.15, -0.1) is 0 Å². The Morgan fingerprint density at radius 2 is 1.42 bits per heavy atom. The van der Waals surface area contributed by atoms with Crippen LogP contribution < -0.4 is 31.6 Å². The molecule has 2 saturated heterocycles. The first kappa shape index (κ1) is 35.6. The SMILES string of the molecule is COc1nc(-c2cccc(-c3cccc(-c4ccn5c(=O)c(CNCC6CCC(=O)N6)c(C)nc5c4)c3Cl)c2Cl)ccc1CNCC1CCC(=O)N1. The van der Waals surface area contributed by atoms with Crippen LogP contribution in [0.4, 0.5) is 0 Å². The van der Waals surface area contributed by atoms with Gasteiger partial charge in [0.15, 0.2) is 0 Å². The fourth-order valence-electron chi connectivity index (χ4n) is 6.90. The molecular formula is C39H39Cl2N7O4. The van der Waals surface area contributed by atoms with E-state index in [0.717, 1.165) is 46.2 Å². The monoisotopic (exact) mass is 739 g/mol. The molecule has 2 atom stereocenters. The summed E-state index contributed by atoms with van der Waals surface area (Å²) in [5, 5.41) is 13.6. The molecule has 0 saturated carbocycles. The van der Waals surface area contributed by atoms with Crippen molar-refractivity contribution >= 4 is 40.7 Å². The summed E-state index contributed by atoms with van der Waals surface area (Å²) in [6.45, 7) is 3.99. The van der Waals surface area contributed by atoms with Crippen molar-refractivity contribution in [3.05, 3.63) is 104 Å². The second kappa shape index (κ2) is 15.4. The first-order valence-electron chi connectivity index (χ1n) is 17.3. The lowest BCUT2D eigenvalue weighted by atomic mass is 9.97. The van der Waals surface area contributed by atoms with E-state index in [9.17, 15) is 14.4 Å². The van der Waals surface area contributed by atoms with Gasteiger partial charge < -0.3 is 26.0 Å². The Hall–Kier alpha value is -4.81. The summed E-state index contributed by atoms with van der Waals surface area (Å²) in [5.74, 6) is 0.643. The number of rotatable bonds is 12. The number of ether oxygens (including phenoxy) is 1. The molecule has 0 aliphatic carbocycles. The molecule has 52 heavy (non-hydrogen) atoms. The Bertz CT molecular complexity index is 2240. The molecule has 5 aromatic rings. The zero-order valence-corrected chi connectivity index (χ0v) is 30.4. The molecule has 11 nitrogen and oxygen atoms in total. The molecule has 0 bridgehead atoms. The molecule has 3 aromatic heterocycles. The average molecular weight is 741 g/mol. The predicted octanol–water partition coefficient (Wildman–Crippen LogP) is 5.45. The molecular weight excluding hydrogens is 701 g/mol. The van der Waals surface area contributed by atoms with Crippen LogP contribution in [0.25, 0.3) is 39.2 Å². The van der Waals surface area contributed by atoms with Crippen LogP contribution in [0.15, 0.2) is 71.7 Å². The van der Waals surface area contributed by atoms with Crippen LogP contribution in [0.2, 0.25) is 10.0 Å². The highest BCUT2D eigenvalue weighted by molar-refractivity contribution is 6.39. The predicted molar refractivity (Wildman–Crippen MR) is 203 cm³/mol. The van der Waals surface area contributed by atoms with E-state index in [1.807, 2.05) is 67.6 Å². The third-order valence-electron chi connectivity index (χ3n) is 9.71. The molecule has 0 spiro atoms. The van der Waals surface area contributed by atoms with E-state index in [2.05, 4.69) is 21.3 Å². The number of benzene rings is 2. The molecule has 268 valence electrons. The Morgan fingerprint density at radius 3 is 2.06 bits per heavy atom. The molecule has 0 radical (unpaired) electrons. The van der Waals surface area contributed by atoms with Gasteiger partial charge in [0.1, 0.15) is 5.65 Å². The van der Waals surface area contributed by atoms with Gasteiger partial charge in [-0.1, -0.05) is 65.7 Å². The highest BCUT2D eigenvalue weighted by Gasteiger charge is 2.22. The molecule has 2 fully saturated rings. The van der Waals surface area contributed by atoms with E-state index < -0.39 is 0 Å². The number of hydrogen-bond acceptors (Lipinski definition) is 8. The zero-order valence-electron chi connectivity index (χ0n) is 28.9. The van der Waals surface area contributed by atoms with Gasteiger partial charge in [0, 0.05) is 90.8 Å². The number of pyridine rings is 2. The first-order valence-corrected chi connectivity index (χ1v) is 18.1. The number of methoxy groups -OCH3 is 1. The number of aryl methyl sites for hydroxylation is 1. The molecule has 4 N–H and O–H groups in total. The maximum absolute atomic E-state index is 13.5. The van der Waals surface area contributed by atoms with Crippen LogP contribution in [-0.4, -0.2) is 58.5 Å². The topological polar surface area (TPSA) is 139 Å². The Balaban J connectivity index is 1.12. The average Bonchev–Trinajstić information content (AvgIpc) is 3.76. The number of amides is 2. The highest BCUT2D eigenvalue weighted by Crippen LogP contribution is 2.42. The molecule has 2 amide bonds. The standard InChI is InChI=1S/C39H39Cl2N7O4/c1-22-31(21-43-20-26-11-14-35(50)46-26)39(51)48-16-15-23(17-33(48)44-22)27-5-3-6-28(36(27)40)29-7-4-8-30(37(29)41)32-12-9-24(38(47-32)52-2)18-42-19-25-10-13-34(49)45-25/h3-9,12,15-17,25-26,42-43H,10-11,13-14,18-21H2,1-2H3,(H,45,49)(H,46,50). The van der Waals surface area contributed by atoms with Gasteiger partial charge in [-0.3, -0.25) is 18.8 Å². The van der Waals surface area contributed by atoms with Gasteiger partial charge in [-0.05, 0) is 43.5 Å². The maximum atomic E-state index is 13.5. The third kappa shape index (κ3) is 7.40. The summed E-state index contributed by atoms with van der Waals surface area (Å²) in [6, 6.07) is 19.4. The van der Waals surface area contributed by atoms with Gasteiger partial charge in [0.05, 0.1) is 28.4 Å². The van der Waals surface area contributed by atoms with E-state index in [-0.39, 0.29) is 29.5 Å². The van der Waals surface area contributed by atoms with Crippen LogP contribution in [-0.2, 0) is 22.7 Å². The summed E-state index contributed by atoms with van der Waals surface area (Å²) < 4.78 is 7.19. The maximum Gasteiger partial charge on any atom is 0.262 e. The lowest BCUT2D eigenvalue weighted by Gasteiger charge is -2.16. The fraction of sp³-hybridized carbons (Fsp3) is 0.308. The number of fused-ring (bicyclic) bond motifs is 1. The van der Waals surface area contributed by atoms with Gasteiger partial charge in [0.2, 0.25) is 17.7 Å².